The molecule has 2 rings (SSSR count). The summed E-state index contributed by atoms with van der Waals surface area (Å²) in [5.74, 6) is 1.66. The van der Waals surface area contributed by atoms with Crippen molar-refractivity contribution < 1.29 is 4.74 Å². The van der Waals surface area contributed by atoms with Crippen molar-refractivity contribution in [2.75, 3.05) is 0 Å². The highest BCUT2D eigenvalue weighted by molar-refractivity contribution is 14.1. The van der Waals surface area contributed by atoms with Gasteiger partial charge < -0.3 is 10.5 Å². The van der Waals surface area contributed by atoms with E-state index in [-0.39, 0.29) is 6.04 Å². The third-order valence-electron chi connectivity index (χ3n) is 2.53. The molecular formula is C14H13BrINO. The molecule has 0 heterocycles. The van der Waals surface area contributed by atoms with Crippen molar-refractivity contribution in [3.8, 4) is 11.5 Å². The van der Waals surface area contributed by atoms with E-state index in [1.807, 2.05) is 49.4 Å². The van der Waals surface area contributed by atoms with Gasteiger partial charge in [0.05, 0.1) is 3.57 Å². The van der Waals surface area contributed by atoms with Crippen molar-refractivity contribution in [3.63, 3.8) is 0 Å². The number of hydrogen-bond acceptors (Lipinski definition) is 2. The van der Waals surface area contributed by atoms with E-state index in [0.717, 1.165) is 25.1 Å². The molecule has 1 unspecified atom stereocenters. The van der Waals surface area contributed by atoms with E-state index in [1.165, 1.54) is 0 Å². The Kier molecular flexibility index (Phi) is 4.64. The molecule has 4 heteroatoms. The molecule has 1 atom stereocenters. The van der Waals surface area contributed by atoms with Gasteiger partial charge in [-0.2, -0.15) is 0 Å². The van der Waals surface area contributed by atoms with Crippen LogP contribution in [0.3, 0.4) is 0 Å². The van der Waals surface area contributed by atoms with E-state index in [0.29, 0.717) is 0 Å². The molecule has 18 heavy (non-hydrogen) atoms. The zero-order valence-corrected chi connectivity index (χ0v) is 13.6. The Morgan fingerprint density at radius 1 is 1.22 bits per heavy atom. The van der Waals surface area contributed by atoms with Gasteiger partial charge in [0.25, 0.3) is 0 Å². The molecule has 0 aromatic heterocycles. The molecule has 0 fully saturated rings. The van der Waals surface area contributed by atoms with Crippen LogP contribution in [0, 0.1) is 3.57 Å². The SMILES string of the molecule is CC(N)c1ccc(Oc2ccccc2I)cc1Br. The third kappa shape index (κ3) is 3.24. The van der Waals surface area contributed by atoms with Crippen LogP contribution in [0.5, 0.6) is 11.5 Å². The number of para-hydroxylation sites is 1. The monoisotopic (exact) mass is 417 g/mol. The molecule has 0 aliphatic carbocycles. The lowest BCUT2D eigenvalue weighted by molar-refractivity contribution is 0.478. The molecule has 0 saturated carbocycles. The standard InChI is InChI=1S/C14H13BrINO/c1-9(17)11-7-6-10(8-12(11)15)18-14-5-3-2-4-13(14)16/h2-9H,17H2,1H3. The Hall–Kier alpha value is -0.590. The molecule has 0 aliphatic rings. The van der Waals surface area contributed by atoms with Gasteiger partial charge in [-0.15, -0.1) is 0 Å². The lowest BCUT2D eigenvalue weighted by atomic mass is 10.1. The maximum Gasteiger partial charge on any atom is 0.140 e. The van der Waals surface area contributed by atoms with Crippen LogP contribution in [0.4, 0.5) is 0 Å². The number of hydrogen-bond donors (Lipinski definition) is 1. The fourth-order valence-electron chi connectivity index (χ4n) is 1.60. The van der Waals surface area contributed by atoms with Crippen LogP contribution in [0.1, 0.15) is 18.5 Å². The van der Waals surface area contributed by atoms with Crippen LogP contribution in [0.2, 0.25) is 0 Å². The predicted molar refractivity (Wildman–Crippen MR) is 86.0 cm³/mol. The van der Waals surface area contributed by atoms with Crippen molar-refractivity contribution in [3.05, 3.63) is 56.1 Å². The van der Waals surface area contributed by atoms with E-state index in [9.17, 15) is 0 Å². The van der Waals surface area contributed by atoms with Crippen LogP contribution >= 0.6 is 38.5 Å². The first-order valence-electron chi connectivity index (χ1n) is 5.55. The second kappa shape index (κ2) is 6.04. The summed E-state index contributed by atoms with van der Waals surface area (Å²) in [4.78, 5) is 0. The maximum absolute atomic E-state index is 5.87. The smallest absolute Gasteiger partial charge is 0.140 e. The lowest BCUT2D eigenvalue weighted by Gasteiger charge is -2.12. The molecule has 0 aliphatic heterocycles. The van der Waals surface area contributed by atoms with Gasteiger partial charge in [0.2, 0.25) is 0 Å². The highest BCUT2D eigenvalue weighted by Gasteiger charge is 2.07. The highest BCUT2D eigenvalue weighted by Crippen LogP contribution is 2.31. The van der Waals surface area contributed by atoms with Gasteiger partial charge in [-0.25, -0.2) is 0 Å². The molecule has 0 bridgehead atoms. The van der Waals surface area contributed by atoms with E-state index < -0.39 is 0 Å². The number of nitrogens with two attached hydrogens (primary N) is 1. The largest absolute Gasteiger partial charge is 0.456 e. The second-order valence-corrected chi connectivity index (χ2v) is 6.02. The fourth-order valence-corrected chi connectivity index (χ4v) is 2.81. The summed E-state index contributed by atoms with van der Waals surface area (Å²) >= 11 is 5.77. The molecular weight excluding hydrogens is 405 g/mol. The van der Waals surface area contributed by atoms with E-state index >= 15 is 0 Å². The Morgan fingerprint density at radius 3 is 2.56 bits per heavy atom. The van der Waals surface area contributed by atoms with Crippen LogP contribution in [-0.2, 0) is 0 Å². The summed E-state index contributed by atoms with van der Waals surface area (Å²) < 4.78 is 7.91. The second-order valence-electron chi connectivity index (χ2n) is 4.00. The van der Waals surface area contributed by atoms with Crippen molar-refractivity contribution in [1.29, 1.82) is 0 Å². The van der Waals surface area contributed by atoms with Crippen LogP contribution < -0.4 is 10.5 Å². The molecule has 2 aromatic carbocycles. The van der Waals surface area contributed by atoms with Crippen LogP contribution in [-0.4, -0.2) is 0 Å². The molecule has 0 spiro atoms. The maximum atomic E-state index is 5.87. The zero-order chi connectivity index (χ0) is 13.1. The number of rotatable bonds is 3. The van der Waals surface area contributed by atoms with Crippen molar-refractivity contribution in [2.45, 2.75) is 13.0 Å². The Balaban J connectivity index is 2.26. The normalized spacial score (nSPS) is 12.2. The summed E-state index contributed by atoms with van der Waals surface area (Å²) in [5, 5.41) is 0. The Morgan fingerprint density at radius 2 is 1.94 bits per heavy atom. The van der Waals surface area contributed by atoms with Crippen molar-refractivity contribution in [2.24, 2.45) is 5.73 Å². The summed E-state index contributed by atoms with van der Waals surface area (Å²) in [7, 11) is 0. The Bertz CT molecular complexity index is 557. The first-order valence-corrected chi connectivity index (χ1v) is 7.42. The molecule has 2 aromatic rings. The predicted octanol–water partition coefficient (Wildman–Crippen LogP) is 4.87. The van der Waals surface area contributed by atoms with Gasteiger partial charge in [-0.3, -0.25) is 0 Å². The minimum absolute atomic E-state index is 0.00489. The highest BCUT2D eigenvalue weighted by atomic mass is 127. The Labute approximate surface area is 129 Å². The quantitative estimate of drug-likeness (QED) is 0.723. The lowest BCUT2D eigenvalue weighted by Crippen LogP contribution is -2.05. The number of halogens is 2. The average Bonchev–Trinajstić information content (AvgIpc) is 2.32. The third-order valence-corrected chi connectivity index (χ3v) is 4.10. The zero-order valence-electron chi connectivity index (χ0n) is 9.86. The van der Waals surface area contributed by atoms with Gasteiger partial charge in [-0.1, -0.05) is 34.1 Å². The van der Waals surface area contributed by atoms with Gasteiger partial charge in [0, 0.05) is 10.5 Å². The minimum atomic E-state index is 0.00489. The summed E-state index contributed by atoms with van der Waals surface area (Å²) in [6.45, 7) is 1.96. The van der Waals surface area contributed by atoms with E-state index in [1.54, 1.807) is 0 Å². The average molecular weight is 418 g/mol. The number of ether oxygens (including phenoxy) is 1. The van der Waals surface area contributed by atoms with Gasteiger partial charge in [0.15, 0.2) is 0 Å². The first-order chi connectivity index (χ1) is 8.58. The fraction of sp³-hybridized carbons (Fsp3) is 0.143. The van der Waals surface area contributed by atoms with E-state index in [4.69, 9.17) is 10.5 Å². The van der Waals surface area contributed by atoms with Gasteiger partial charge in [0.1, 0.15) is 11.5 Å². The number of benzene rings is 2. The van der Waals surface area contributed by atoms with Gasteiger partial charge >= 0.3 is 0 Å². The summed E-state index contributed by atoms with van der Waals surface area (Å²) in [6, 6.07) is 13.8. The minimum Gasteiger partial charge on any atom is -0.456 e. The van der Waals surface area contributed by atoms with Crippen molar-refractivity contribution in [1.82, 2.24) is 0 Å². The van der Waals surface area contributed by atoms with Crippen LogP contribution in [0.15, 0.2) is 46.9 Å². The summed E-state index contributed by atoms with van der Waals surface area (Å²) in [6.07, 6.45) is 0. The molecule has 0 amide bonds. The molecule has 94 valence electrons. The molecule has 2 nitrogen and oxygen atoms in total. The molecule has 2 N–H and O–H groups in total. The van der Waals surface area contributed by atoms with Gasteiger partial charge in [-0.05, 0) is 59.3 Å². The summed E-state index contributed by atoms with van der Waals surface area (Å²) in [5.41, 5.74) is 6.94. The van der Waals surface area contributed by atoms with Crippen LogP contribution in [0.25, 0.3) is 0 Å². The molecule has 0 radical (unpaired) electrons. The van der Waals surface area contributed by atoms with Crippen molar-refractivity contribution >= 4 is 38.5 Å². The topological polar surface area (TPSA) is 35.2 Å². The molecule has 0 saturated heterocycles. The van der Waals surface area contributed by atoms with E-state index in [2.05, 4.69) is 38.5 Å². The first kappa shape index (κ1) is 13.8.